The number of aryl methyl sites for hydroxylation is 2. The van der Waals surface area contributed by atoms with Gasteiger partial charge in [-0.25, -0.2) is 0 Å². The topological polar surface area (TPSA) is 85.6 Å². The van der Waals surface area contributed by atoms with Gasteiger partial charge >= 0.3 is 5.97 Å². The number of carbonyl (C=O) groups is 1. The van der Waals surface area contributed by atoms with E-state index in [9.17, 15) is 4.79 Å². The van der Waals surface area contributed by atoms with Crippen LogP contribution in [0.1, 0.15) is 87.0 Å². The predicted octanol–water partition coefficient (Wildman–Crippen LogP) is 11.3. The maximum atomic E-state index is 13.5. The molecule has 0 radical (unpaired) electrons. The quantitative estimate of drug-likeness (QED) is 0.0263. The summed E-state index contributed by atoms with van der Waals surface area (Å²) in [4.78, 5) is 13.5. The Bertz CT molecular complexity index is 2370. The molecule has 9 nitrogen and oxygen atoms in total. The lowest BCUT2D eigenvalue weighted by Crippen LogP contribution is -2.41. The third-order valence-corrected chi connectivity index (χ3v) is 11.7. The van der Waals surface area contributed by atoms with Gasteiger partial charge in [-0.3, -0.25) is 4.79 Å². The fourth-order valence-electron chi connectivity index (χ4n) is 8.65. The molecule has 0 spiro atoms. The Morgan fingerprint density at radius 2 is 1.44 bits per heavy atom. The molecule has 1 aromatic heterocycles. The number of pyridine rings is 1. The standard InChI is InChI=1S/C53H62NO8/c1-6-17-37-19-22-47(58-27-8-3)42(30-37)38-20-23-46(40(31-38)18-7-2)59-28-15-13-11-9-10-12-14-16-29-60-51(55)34-44-41-21-24-48(56-4)53(57-5)45(41)35-54-26-25-39-32-49-50(62-36-61-49)33-43(39)52(44)54/h6-7,19-24,30-33,35H,1-2,8-18,25-29,34,36H2,3-5H3/q+1. The normalized spacial score (nSPS) is 12.4. The monoisotopic (exact) mass is 840 g/mol. The summed E-state index contributed by atoms with van der Waals surface area (Å²) in [5, 5.41) is 1.83. The second kappa shape index (κ2) is 21.7. The Morgan fingerprint density at radius 1 is 0.726 bits per heavy atom. The molecule has 5 aromatic rings. The molecule has 0 aliphatic carbocycles. The minimum Gasteiger partial charge on any atom is -0.493 e. The van der Waals surface area contributed by atoms with Crippen molar-refractivity contribution in [2.45, 2.75) is 96.9 Å². The summed E-state index contributed by atoms with van der Waals surface area (Å²) < 4.78 is 43.4. The summed E-state index contributed by atoms with van der Waals surface area (Å²) in [6.07, 6.45) is 18.1. The van der Waals surface area contributed by atoms with E-state index in [1.165, 1.54) is 30.4 Å². The van der Waals surface area contributed by atoms with Gasteiger partial charge in [0.2, 0.25) is 12.5 Å². The number of aromatic nitrogens is 1. The highest BCUT2D eigenvalue weighted by Crippen LogP contribution is 2.44. The van der Waals surface area contributed by atoms with Gasteiger partial charge in [0.15, 0.2) is 35.7 Å². The van der Waals surface area contributed by atoms with Crippen molar-refractivity contribution in [1.29, 1.82) is 0 Å². The molecule has 0 saturated heterocycles. The number of carbonyl (C=O) groups excluding carboxylic acids is 1. The number of rotatable bonds is 24. The molecular formula is C53H62NO8+. The maximum Gasteiger partial charge on any atom is 0.310 e. The molecule has 9 heteroatoms. The first-order valence-electron chi connectivity index (χ1n) is 22.4. The van der Waals surface area contributed by atoms with E-state index >= 15 is 0 Å². The second-order valence-corrected chi connectivity index (χ2v) is 16.1. The molecule has 0 fully saturated rings. The number of hydrogen-bond acceptors (Lipinski definition) is 8. The van der Waals surface area contributed by atoms with E-state index in [0.717, 1.165) is 132 Å². The Kier molecular flexibility index (Phi) is 15.4. The molecule has 0 atom stereocenters. The lowest BCUT2D eigenvalue weighted by Gasteiger charge is -2.20. The largest absolute Gasteiger partial charge is 0.493 e. The van der Waals surface area contributed by atoms with E-state index in [4.69, 9.17) is 33.2 Å². The van der Waals surface area contributed by atoms with E-state index in [1.807, 2.05) is 30.4 Å². The number of unbranched alkanes of at least 4 members (excludes halogenated alkanes) is 7. The zero-order chi connectivity index (χ0) is 43.3. The molecule has 0 N–H and O–H groups in total. The number of methoxy groups -OCH3 is 2. The van der Waals surface area contributed by atoms with Crippen molar-refractivity contribution in [3.05, 3.63) is 114 Å². The molecule has 2 aliphatic heterocycles. The van der Waals surface area contributed by atoms with Crippen LogP contribution in [0.3, 0.4) is 0 Å². The van der Waals surface area contributed by atoms with Crippen LogP contribution in [0.15, 0.2) is 92.2 Å². The number of allylic oxidation sites excluding steroid dienone is 2. The van der Waals surface area contributed by atoms with Gasteiger partial charge in [-0.2, -0.15) is 4.57 Å². The Labute approximate surface area is 367 Å². The van der Waals surface area contributed by atoms with Crippen LogP contribution in [0.2, 0.25) is 0 Å². The molecule has 0 amide bonds. The number of nitrogens with zero attached hydrogens (tertiary/aromatic N) is 1. The van der Waals surface area contributed by atoms with Crippen LogP contribution >= 0.6 is 0 Å². The minimum atomic E-state index is -0.238. The van der Waals surface area contributed by atoms with Gasteiger partial charge in [0.05, 0.1) is 51.4 Å². The van der Waals surface area contributed by atoms with Crippen molar-refractivity contribution in [2.75, 3.05) is 40.8 Å². The van der Waals surface area contributed by atoms with E-state index in [1.54, 1.807) is 14.2 Å². The number of esters is 1. The molecule has 0 bridgehead atoms. The number of fused-ring (bicyclic) bond motifs is 5. The van der Waals surface area contributed by atoms with E-state index in [2.05, 4.69) is 73.3 Å². The van der Waals surface area contributed by atoms with Gasteiger partial charge in [-0.15, -0.1) is 13.2 Å². The second-order valence-electron chi connectivity index (χ2n) is 16.1. The Balaban J connectivity index is 0.855. The van der Waals surface area contributed by atoms with E-state index in [-0.39, 0.29) is 19.2 Å². The zero-order valence-corrected chi connectivity index (χ0v) is 36.9. The van der Waals surface area contributed by atoms with Crippen molar-refractivity contribution < 1.29 is 42.5 Å². The van der Waals surface area contributed by atoms with Crippen LogP contribution in [0.25, 0.3) is 33.2 Å². The molecule has 326 valence electrons. The predicted molar refractivity (Wildman–Crippen MR) is 245 cm³/mol. The van der Waals surface area contributed by atoms with Crippen LogP contribution in [0, 0.1) is 0 Å². The summed E-state index contributed by atoms with van der Waals surface area (Å²) in [6.45, 7) is 12.8. The number of ether oxygens (including phenoxy) is 7. The summed E-state index contributed by atoms with van der Waals surface area (Å²) in [6, 6.07) is 20.9. The number of hydrogen-bond donors (Lipinski definition) is 0. The van der Waals surface area contributed by atoms with Gasteiger partial charge in [0.25, 0.3) is 0 Å². The van der Waals surface area contributed by atoms with E-state index in [0.29, 0.717) is 31.3 Å². The molecule has 2 aliphatic rings. The number of benzene rings is 4. The Hall–Kier alpha value is -5.96. The van der Waals surface area contributed by atoms with Gasteiger partial charge in [-0.1, -0.05) is 69.7 Å². The molecule has 3 heterocycles. The average molecular weight is 841 g/mol. The van der Waals surface area contributed by atoms with Crippen molar-refractivity contribution in [2.24, 2.45) is 0 Å². The smallest absolute Gasteiger partial charge is 0.310 e. The lowest BCUT2D eigenvalue weighted by molar-refractivity contribution is -0.686. The van der Waals surface area contributed by atoms with Gasteiger partial charge in [0, 0.05) is 22.9 Å². The van der Waals surface area contributed by atoms with Gasteiger partial charge in [0.1, 0.15) is 11.5 Å². The third kappa shape index (κ3) is 10.4. The molecule has 0 saturated carbocycles. The van der Waals surface area contributed by atoms with Crippen LogP contribution in [-0.4, -0.2) is 46.8 Å². The van der Waals surface area contributed by atoms with Gasteiger partial charge < -0.3 is 33.2 Å². The molecule has 62 heavy (non-hydrogen) atoms. The SMILES string of the molecule is C=CCc1ccc(OCCC)c(-c2ccc(OCCCCCCCCCCOC(=O)Cc3c4[n+](cc5c(OC)c(OC)ccc35)CCc3cc5c(cc3-4)OCO5)c(CC=C)c2)c1. The first-order chi connectivity index (χ1) is 30.5. The van der Waals surface area contributed by atoms with Crippen LogP contribution in [0.4, 0.5) is 0 Å². The van der Waals surface area contributed by atoms with Crippen LogP contribution in [0.5, 0.6) is 34.5 Å². The van der Waals surface area contributed by atoms with Crippen LogP contribution < -0.4 is 33.0 Å². The fourth-order valence-corrected chi connectivity index (χ4v) is 8.65. The maximum absolute atomic E-state index is 13.5. The first kappa shape index (κ1) is 44.1. The van der Waals surface area contributed by atoms with E-state index < -0.39 is 0 Å². The highest BCUT2D eigenvalue weighted by molar-refractivity contribution is 5.97. The van der Waals surface area contributed by atoms with Crippen LogP contribution in [-0.2, 0) is 41.8 Å². The first-order valence-corrected chi connectivity index (χ1v) is 22.4. The summed E-state index contributed by atoms with van der Waals surface area (Å²) >= 11 is 0. The molecular weight excluding hydrogens is 779 g/mol. The van der Waals surface area contributed by atoms with Gasteiger partial charge in [-0.05, 0) is 103 Å². The summed E-state index contributed by atoms with van der Waals surface area (Å²) in [7, 11) is 3.28. The van der Waals surface area contributed by atoms with Crippen molar-refractivity contribution in [3.63, 3.8) is 0 Å². The van der Waals surface area contributed by atoms with Crippen molar-refractivity contribution >= 4 is 16.7 Å². The molecule has 4 aromatic carbocycles. The minimum absolute atomic E-state index is 0.140. The third-order valence-electron chi connectivity index (χ3n) is 11.7. The summed E-state index contributed by atoms with van der Waals surface area (Å²) in [5.41, 5.74) is 8.67. The van der Waals surface area contributed by atoms with Crippen molar-refractivity contribution in [1.82, 2.24) is 0 Å². The lowest BCUT2D eigenvalue weighted by atomic mass is 9.90. The average Bonchev–Trinajstić information content (AvgIpc) is 3.75. The molecule has 7 rings (SSSR count). The zero-order valence-electron chi connectivity index (χ0n) is 36.9. The highest BCUT2D eigenvalue weighted by atomic mass is 16.7. The highest BCUT2D eigenvalue weighted by Gasteiger charge is 2.33. The fraction of sp³-hybridized carbons (Fsp3) is 0.396. The Morgan fingerprint density at radius 3 is 2.18 bits per heavy atom. The molecule has 0 unspecified atom stereocenters. The summed E-state index contributed by atoms with van der Waals surface area (Å²) in [5.74, 6) is 4.36. The van der Waals surface area contributed by atoms with Crippen molar-refractivity contribution in [3.8, 4) is 56.9 Å².